The lowest BCUT2D eigenvalue weighted by Gasteiger charge is -2.13. The Hall–Kier alpha value is -1.23. The molecular weight excluding hydrogens is 210 g/mol. The minimum absolute atomic E-state index is 0.0712. The first kappa shape index (κ1) is 12.8. The summed E-state index contributed by atoms with van der Waals surface area (Å²) in [5.74, 6) is -0.389. The van der Waals surface area contributed by atoms with Crippen molar-refractivity contribution < 1.29 is 19.1 Å². The predicted molar refractivity (Wildman–Crippen MR) is 56.6 cm³/mol. The molecule has 0 aromatic rings. The summed E-state index contributed by atoms with van der Waals surface area (Å²) in [7, 11) is 0. The number of carbonyl (C=O) groups excluding carboxylic acids is 3. The van der Waals surface area contributed by atoms with E-state index in [1.807, 2.05) is 0 Å². The molecule has 0 saturated carbocycles. The van der Waals surface area contributed by atoms with E-state index in [-0.39, 0.29) is 23.5 Å². The van der Waals surface area contributed by atoms with Crippen molar-refractivity contribution in [3.63, 3.8) is 0 Å². The summed E-state index contributed by atoms with van der Waals surface area (Å²) in [6.07, 6.45) is 0.671. The van der Waals surface area contributed by atoms with Crippen LogP contribution >= 0.6 is 0 Å². The maximum atomic E-state index is 11.5. The molecule has 0 aromatic carbocycles. The van der Waals surface area contributed by atoms with E-state index < -0.39 is 0 Å². The van der Waals surface area contributed by atoms with Crippen molar-refractivity contribution in [1.82, 2.24) is 4.90 Å². The fraction of sp³-hybridized carbons (Fsp3) is 0.727. The minimum atomic E-state index is -0.204. The van der Waals surface area contributed by atoms with Crippen LogP contribution in [0.1, 0.15) is 26.7 Å². The van der Waals surface area contributed by atoms with E-state index in [4.69, 9.17) is 4.74 Å². The second kappa shape index (κ2) is 5.75. The predicted octanol–water partition coefficient (Wildman–Crippen LogP) is 0.377. The SMILES string of the molecule is CC(=O)CCOCCN1C(=O)CC(C)C1=O. The molecule has 0 spiro atoms. The van der Waals surface area contributed by atoms with E-state index in [9.17, 15) is 14.4 Å². The summed E-state index contributed by atoms with van der Waals surface area (Å²) < 4.78 is 5.17. The molecule has 0 N–H and O–H groups in total. The van der Waals surface area contributed by atoms with Gasteiger partial charge < -0.3 is 4.74 Å². The van der Waals surface area contributed by atoms with Crippen LogP contribution in [-0.2, 0) is 19.1 Å². The van der Waals surface area contributed by atoms with E-state index >= 15 is 0 Å². The summed E-state index contributed by atoms with van der Waals surface area (Å²) in [4.78, 5) is 34.7. The van der Waals surface area contributed by atoms with Gasteiger partial charge in [-0.2, -0.15) is 0 Å². The zero-order valence-electron chi connectivity index (χ0n) is 9.69. The quantitative estimate of drug-likeness (QED) is 0.486. The molecule has 0 aliphatic carbocycles. The smallest absolute Gasteiger partial charge is 0.232 e. The summed E-state index contributed by atoms with van der Waals surface area (Å²) in [6.45, 7) is 4.19. The molecule has 1 saturated heterocycles. The number of rotatable bonds is 6. The van der Waals surface area contributed by atoms with Gasteiger partial charge in [-0.3, -0.25) is 19.3 Å². The summed E-state index contributed by atoms with van der Waals surface area (Å²) in [5.41, 5.74) is 0. The molecule has 16 heavy (non-hydrogen) atoms. The third-order valence-electron chi connectivity index (χ3n) is 2.53. The lowest BCUT2D eigenvalue weighted by Crippen LogP contribution is -2.33. The average Bonchev–Trinajstić information content (AvgIpc) is 2.43. The van der Waals surface area contributed by atoms with Crippen molar-refractivity contribution >= 4 is 17.6 Å². The van der Waals surface area contributed by atoms with Crippen molar-refractivity contribution in [1.29, 1.82) is 0 Å². The Bertz CT molecular complexity index is 300. The molecule has 90 valence electrons. The Morgan fingerprint density at radius 3 is 2.62 bits per heavy atom. The van der Waals surface area contributed by atoms with E-state index in [0.717, 1.165) is 0 Å². The Morgan fingerprint density at radius 2 is 2.12 bits per heavy atom. The van der Waals surface area contributed by atoms with Crippen molar-refractivity contribution in [3.8, 4) is 0 Å². The van der Waals surface area contributed by atoms with Crippen LogP contribution in [0, 0.1) is 5.92 Å². The highest BCUT2D eigenvalue weighted by atomic mass is 16.5. The maximum Gasteiger partial charge on any atom is 0.232 e. The number of amides is 2. The van der Waals surface area contributed by atoms with Crippen LogP contribution in [0.4, 0.5) is 0 Å². The highest BCUT2D eigenvalue weighted by molar-refractivity contribution is 6.03. The number of hydrogen-bond donors (Lipinski definition) is 0. The van der Waals surface area contributed by atoms with Crippen LogP contribution in [0.3, 0.4) is 0 Å². The third kappa shape index (κ3) is 3.41. The number of nitrogens with zero attached hydrogens (tertiary/aromatic N) is 1. The average molecular weight is 227 g/mol. The highest BCUT2D eigenvalue weighted by Crippen LogP contribution is 2.17. The standard InChI is InChI=1S/C11H17NO4/c1-8-7-10(14)12(11(8)15)4-6-16-5-3-9(2)13/h8H,3-7H2,1-2H3. The van der Waals surface area contributed by atoms with E-state index in [1.54, 1.807) is 6.92 Å². The van der Waals surface area contributed by atoms with Gasteiger partial charge in [0.15, 0.2) is 0 Å². The fourth-order valence-corrected chi connectivity index (χ4v) is 1.56. The lowest BCUT2D eigenvalue weighted by atomic mass is 10.1. The van der Waals surface area contributed by atoms with Gasteiger partial charge in [0.05, 0.1) is 19.8 Å². The number of ether oxygens (including phenoxy) is 1. The number of likely N-dealkylation sites (tertiary alicyclic amines) is 1. The van der Waals surface area contributed by atoms with E-state index in [2.05, 4.69) is 0 Å². The Kier molecular flexibility index (Phi) is 4.61. The van der Waals surface area contributed by atoms with Gasteiger partial charge in [-0.25, -0.2) is 0 Å². The molecule has 1 unspecified atom stereocenters. The van der Waals surface area contributed by atoms with Crippen LogP contribution in [0.15, 0.2) is 0 Å². The van der Waals surface area contributed by atoms with Gasteiger partial charge in [0, 0.05) is 18.8 Å². The van der Waals surface area contributed by atoms with Gasteiger partial charge in [-0.05, 0) is 6.92 Å². The lowest BCUT2D eigenvalue weighted by molar-refractivity contribution is -0.140. The fourth-order valence-electron chi connectivity index (χ4n) is 1.56. The molecule has 1 heterocycles. The Labute approximate surface area is 94.7 Å². The molecule has 1 fully saturated rings. The molecule has 1 aliphatic rings. The van der Waals surface area contributed by atoms with Gasteiger partial charge in [0.2, 0.25) is 11.8 Å². The summed E-state index contributed by atoms with van der Waals surface area (Å²) >= 11 is 0. The first-order valence-electron chi connectivity index (χ1n) is 5.43. The first-order chi connectivity index (χ1) is 7.52. The zero-order valence-corrected chi connectivity index (χ0v) is 9.69. The molecule has 0 radical (unpaired) electrons. The molecule has 2 amide bonds. The van der Waals surface area contributed by atoms with Crippen LogP contribution in [0.5, 0.6) is 0 Å². The third-order valence-corrected chi connectivity index (χ3v) is 2.53. The molecule has 1 aliphatic heterocycles. The Balaban J connectivity index is 2.20. The van der Waals surface area contributed by atoms with Crippen LogP contribution in [-0.4, -0.2) is 42.3 Å². The maximum absolute atomic E-state index is 11.5. The summed E-state index contributed by atoms with van der Waals surface area (Å²) in [5, 5.41) is 0. The van der Waals surface area contributed by atoms with Crippen molar-refractivity contribution in [3.05, 3.63) is 0 Å². The number of imide groups is 1. The monoisotopic (exact) mass is 227 g/mol. The number of hydrogen-bond acceptors (Lipinski definition) is 4. The van der Waals surface area contributed by atoms with Gasteiger partial charge in [0.25, 0.3) is 0 Å². The van der Waals surface area contributed by atoms with Gasteiger partial charge in [-0.15, -0.1) is 0 Å². The highest BCUT2D eigenvalue weighted by Gasteiger charge is 2.34. The van der Waals surface area contributed by atoms with E-state index in [0.29, 0.717) is 32.6 Å². The van der Waals surface area contributed by atoms with Gasteiger partial charge >= 0.3 is 0 Å². The second-order valence-electron chi connectivity index (χ2n) is 4.05. The largest absolute Gasteiger partial charge is 0.379 e. The second-order valence-corrected chi connectivity index (χ2v) is 4.05. The van der Waals surface area contributed by atoms with Crippen molar-refractivity contribution in [2.75, 3.05) is 19.8 Å². The normalized spacial score (nSPS) is 20.6. The number of Topliss-reactive ketones (excluding diaryl/α,β-unsaturated/α-hetero) is 1. The van der Waals surface area contributed by atoms with Crippen molar-refractivity contribution in [2.45, 2.75) is 26.7 Å². The number of carbonyl (C=O) groups is 3. The molecule has 0 aromatic heterocycles. The van der Waals surface area contributed by atoms with Gasteiger partial charge in [-0.1, -0.05) is 6.92 Å². The zero-order chi connectivity index (χ0) is 12.1. The van der Waals surface area contributed by atoms with Crippen LogP contribution in [0.2, 0.25) is 0 Å². The number of ketones is 1. The molecule has 5 heteroatoms. The van der Waals surface area contributed by atoms with Gasteiger partial charge in [0.1, 0.15) is 5.78 Å². The minimum Gasteiger partial charge on any atom is -0.379 e. The molecule has 5 nitrogen and oxygen atoms in total. The molecular formula is C11H17NO4. The van der Waals surface area contributed by atoms with E-state index in [1.165, 1.54) is 11.8 Å². The Morgan fingerprint density at radius 1 is 1.44 bits per heavy atom. The first-order valence-corrected chi connectivity index (χ1v) is 5.43. The van der Waals surface area contributed by atoms with Crippen LogP contribution < -0.4 is 0 Å². The van der Waals surface area contributed by atoms with Crippen LogP contribution in [0.25, 0.3) is 0 Å². The topological polar surface area (TPSA) is 63.7 Å². The molecule has 0 bridgehead atoms. The molecule has 1 rings (SSSR count). The molecule has 1 atom stereocenters. The summed E-state index contributed by atoms with van der Waals surface area (Å²) in [6, 6.07) is 0. The van der Waals surface area contributed by atoms with Crippen molar-refractivity contribution in [2.24, 2.45) is 5.92 Å².